The number of hydrogen-bond donors (Lipinski definition) is 1. The molecule has 0 saturated carbocycles. The molecule has 0 aliphatic carbocycles. The van der Waals surface area contributed by atoms with Gasteiger partial charge in [-0.15, -0.1) is 0 Å². The van der Waals surface area contributed by atoms with E-state index in [1.165, 1.54) is 11.4 Å². The van der Waals surface area contributed by atoms with Crippen molar-refractivity contribution in [2.45, 2.75) is 20.3 Å². The number of anilines is 2. The Kier molecular flexibility index (Phi) is 4.41. The predicted octanol–water partition coefficient (Wildman–Crippen LogP) is 1.83. The van der Waals surface area contributed by atoms with Crippen LogP contribution in [-0.2, 0) is 14.8 Å². The summed E-state index contributed by atoms with van der Waals surface area (Å²) in [7, 11) is -1.74. The van der Waals surface area contributed by atoms with Crippen molar-refractivity contribution >= 4 is 27.3 Å². The highest BCUT2D eigenvalue weighted by Gasteiger charge is 2.29. The normalized spacial score (nSPS) is 17.0. The van der Waals surface area contributed by atoms with Crippen molar-refractivity contribution in [1.29, 1.82) is 0 Å². The molecule has 0 atom stereocenters. The van der Waals surface area contributed by atoms with Gasteiger partial charge in [0.1, 0.15) is 5.75 Å². The molecule has 1 aromatic rings. The van der Waals surface area contributed by atoms with E-state index in [1.54, 1.807) is 32.0 Å². The fourth-order valence-electron chi connectivity index (χ4n) is 2.14. The van der Waals surface area contributed by atoms with Crippen LogP contribution in [0.5, 0.6) is 5.75 Å². The Morgan fingerprint density at radius 1 is 1.38 bits per heavy atom. The third kappa shape index (κ3) is 3.29. The van der Waals surface area contributed by atoms with Gasteiger partial charge in [-0.3, -0.25) is 9.10 Å². The van der Waals surface area contributed by atoms with Gasteiger partial charge in [-0.25, -0.2) is 8.42 Å². The third-order valence-electron chi connectivity index (χ3n) is 3.35. The van der Waals surface area contributed by atoms with Crippen LogP contribution in [0.1, 0.15) is 20.3 Å². The monoisotopic (exact) mass is 312 g/mol. The number of amides is 1. The summed E-state index contributed by atoms with van der Waals surface area (Å²) in [5, 5.41) is 2.77. The van der Waals surface area contributed by atoms with Crippen LogP contribution in [0.25, 0.3) is 0 Å². The number of rotatable bonds is 4. The summed E-state index contributed by atoms with van der Waals surface area (Å²) in [6, 6.07) is 4.99. The van der Waals surface area contributed by atoms with Gasteiger partial charge < -0.3 is 10.1 Å². The zero-order valence-electron chi connectivity index (χ0n) is 12.4. The molecular formula is C14H20N2O4S. The number of benzene rings is 1. The van der Waals surface area contributed by atoms with Gasteiger partial charge in [0, 0.05) is 18.5 Å². The maximum absolute atomic E-state index is 11.9. The highest BCUT2D eigenvalue weighted by atomic mass is 32.2. The van der Waals surface area contributed by atoms with Crippen LogP contribution in [0.4, 0.5) is 11.4 Å². The Morgan fingerprint density at radius 2 is 2.10 bits per heavy atom. The fraction of sp³-hybridized carbons (Fsp3) is 0.500. The minimum atomic E-state index is -3.22. The van der Waals surface area contributed by atoms with E-state index in [9.17, 15) is 13.2 Å². The molecule has 1 amide bonds. The summed E-state index contributed by atoms with van der Waals surface area (Å²) in [6.45, 7) is 4.07. The van der Waals surface area contributed by atoms with Crippen molar-refractivity contribution in [3.05, 3.63) is 18.2 Å². The zero-order valence-corrected chi connectivity index (χ0v) is 13.2. The molecule has 1 aliphatic heterocycles. The van der Waals surface area contributed by atoms with Gasteiger partial charge in [0.05, 0.1) is 24.2 Å². The highest BCUT2D eigenvalue weighted by Crippen LogP contribution is 2.33. The molecule has 0 aromatic heterocycles. The van der Waals surface area contributed by atoms with Crippen LogP contribution in [0.2, 0.25) is 0 Å². The van der Waals surface area contributed by atoms with Crippen molar-refractivity contribution in [3.63, 3.8) is 0 Å². The van der Waals surface area contributed by atoms with E-state index in [4.69, 9.17) is 4.74 Å². The third-order valence-corrected chi connectivity index (χ3v) is 5.22. The van der Waals surface area contributed by atoms with Crippen molar-refractivity contribution in [2.24, 2.45) is 5.92 Å². The van der Waals surface area contributed by atoms with Gasteiger partial charge in [-0.05, 0) is 18.6 Å². The predicted molar refractivity (Wildman–Crippen MR) is 82.2 cm³/mol. The molecule has 1 aliphatic rings. The second-order valence-electron chi connectivity index (χ2n) is 5.27. The van der Waals surface area contributed by atoms with Crippen LogP contribution < -0.4 is 14.4 Å². The molecule has 1 aromatic carbocycles. The number of nitrogens with zero attached hydrogens (tertiary/aromatic N) is 1. The van der Waals surface area contributed by atoms with Crippen LogP contribution in [0.3, 0.4) is 0 Å². The number of ether oxygens (including phenoxy) is 1. The molecule has 1 saturated heterocycles. The molecule has 1 N–H and O–H groups in total. The second kappa shape index (κ2) is 5.93. The Balaban J connectivity index is 2.30. The molecule has 2 rings (SSSR count). The van der Waals surface area contributed by atoms with E-state index in [-0.39, 0.29) is 17.6 Å². The van der Waals surface area contributed by atoms with Crippen LogP contribution in [0.15, 0.2) is 18.2 Å². The van der Waals surface area contributed by atoms with Crippen molar-refractivity contribution in [1.82, 2.24) is 0 Å². The number of methoxy groups -OCH3 is 1. The minimum absolute atomic E-state index is 0.116. The van der Waals surface area contributed by atoms with E-state index in [1.807, 2.05) is 0 Å². The van der Waals surface area contributed by atoms with Gasteiger partial charge in [0.25, 0.3) is 0 Å². The number of hydrogen-bond acceptors (Lipinski definition) is 4. The average Bonchev–Trinajstić information content (AvgIpc) is 2.78. The topological polar surface area (TPSA) is 75.7 Å². The molecule has 21 heavy (non-hydrogen) atoms. The molecule has 6 nitrogen and oxygen atoms in total. The molecule has 0 unspecified atom stereocenters. The summed E-state index contributed by atoms with van der Waals surface area (Å²) in [6.07, 6.45) is 0.622. The van der Waals surface area contributed by atoms with E-state index in [2.05, 4.69) is 5.32 Å². The molecule has 116 valence electrons. The lowest BCUT2D eigenvalue weighted by atomic mass is 10.2. The summed E-state index contributed by atoms with van der Waals surface area (Å²) in [5.74, 6) is 0.355. The van der Waals surface area contributed by atoms with Crippen molar-refractivity contribution in [3.8, 4) is 5.75 Å². The standard InChI is InChI=1S/C14H20N2O4S/c1-10(2)14(17)15-12-6-5-11(9-13(12)20-3)16-7-4-8-21(16,18)19/h5-6,9-10H,4,7-8H2,1-3H3,(H,15,17). The van der Waals surface area contributed by atoms with Gasteiger partial charge >= 0.3 is 0 Å². The highest BCUT2D eigenvalue weighted by molar-refractivity contribution is 7.93. The first-order valence-corrected chi connectivity index (χ1v) is 8.45. The van der Waals surface area contributed by atoms with E-state index < -0.39 is 10.0 Å². The molecule has 1 fully saturated rings. The Morgan fingerprint density at radius 3 is 2.62 bits per heavy atom. The maximum Gasteiger partial charge on any atom is 0.235 e. The van der Waals surface area contributed by atoms with Gasteiger partial charge in [0.15, 0.2) is 0 Å². The van der Waals surface area contributed by atoms with E-state index >= 15 is 0 Å². The van der Waals surface area contributed by atoms with Gasteiger partial charge in [-0.1, -0.05) is 13.8 Å². The molecule has 7 heteroatoms. The molecule has 1 heterocycles. The number of carbonyl (C=O) groups is 1. The Labute approximate surface area is 125 Å². The number of carbonyl (C=O) groups excluding carboxylic acids is 1. The largest absolute Gasteiger partial charge is 0.494 e. The number of nitrogens with one attached hydrogen (secondary N) is 1. The summed E-state index contributed by atoms with van der Waals surface area (Å²) < 4.78 is 30.5. The zero-order chi connectivity index (χ0) is 15.6. The SMILES string of the molecule is COc1cc(N2CCCS2(=O)=O)ccc1NC(=O)C(C)C. The molecular weight excluding hydrogens is 292 g/mol. The molecule has 0 radical (unpaired) electrons. The van der Waals surface area contributed by atoms with Crippen molar-refractivity contribution in [2.75, 3.05) is 29.0 Å². The smallest absolute Gasteiger partial charge is 0.235 e. The van der Waals surface area contributed by atoms with Crippen molar-refractivity contribution < 1.29 is 17.9 Å². The quantitative estimate of drug-likeness (QED) is 0.920. The summed E-state index contributed by atoms with van der Waals surface area (Å²) in [4.78, 5) is 11.8. The Bertz CT molecular complexity index is 640. The summed E-state index contributed by atoms with van der Waals surface area (Å²) >= 11 is 0. The minimum Gasteiger partial charge on any atom is -0.494 e. The van der Waals surface area contributed by atoms with Crippen LogP contribution in [-0.4, -0.2) is 33.7 Å². The first-order chi connectivity index (χ1) is 9.85. The first-order valence-electron chi connectivity index (χ1n) is 6.84. The second-order valence-corrected chi connectivity index (χ2v) is 7.28. The van der Waals surface area contributed by atoms with Gasteiger partial charge in [-0.2, -0.15) is 0 Å². The fourth-order valence-corrected chi connectivity index (χ4v) is 3.70. The van der Waals surface area contributed by atoms with Crippen LogP contribution >= 0.6 is 0 Å². The van der Waals surface area contributed by atoms with Gasteiger partial charge in [0.2, 0.25) is 15.9 Å². The number of sulfonamides is 1. The average molecular weight is 312 g/mol. The summed E-state index contributed by atoms with van der Waals surface area (Å²) in [5.41, 5.74) is 1.10. The van der Waals surface area contributed by atoms with E-state index in [0.717, 1.165) is 0 Å². The maximum atomic E-state index is 11.9. The lowest BCUT2D eigenvalue weighted by molar-refractivity contribution is -0.118. The lowest BCUT2D eigenvalue weighted by Crippen LogP contribution is -2.25. The molecule has 0 spiro atoms. The first kappa shape index (κ1) is 15.6. The molecule has 0 bridgehead atoms. The Hall–Kier alpha value is -1.76. The van der Waals surface area contributed by atoms with Crippen LogP contribution in [0, 0.1) is 5.92 Å². The van der Waals surface area contributed by atoms with E-state index in [0.29, 0.717) is 30.1 Å². The lowest BCUT2D eigenvalue weighted by Gasteiger charge is -2.19.